The summed E-state index contributed by atoms with van der Waals surface area (Å²) in [6.45, 7) is 0. The van der Waals surface area contributed by atoms with Crippen molar-refractivity contribution in [3.05, 3.63) is 48.2 Å². The third-order valence-corrected chi connectivity index (χ3v) is 7.01. The molecule has 3 aromatic rings. The van der Waals surface area contributed by atoms with Gasteiger partial charge in [0.1, 0.15) is 21.7 Å². The van der Waals surface area contributed by atoms with Gasteiger partial charge in [0.05, 0.1) is 5.69 Å². The summed E-state index contributed by atoms with van der Waals surface area (Å²) in [5.41, 5.74) is 0.599. The van der Waals surface area contributed by atoms with E-state index in [1.807, 2.05) is 30.3 Å². The largest absolute Gasteiger partial charge is 0.454 e. The van der Waals surface area contributed by atoms with Crippen LogP contribution in [0.5, 0.6) is 0 Å². The van der Waals surface area contributed by atoms with Gasteiger partial charge in [-0.3, -0.25) is 10.1 Å². The van der Waals surface area contributed by atoms with Gasteiger partial charge in [0.25, 0.3) is 5.91 Å². The third kappa shape index (κ3) is 3.47. The second kappa shape index (κ2) is 6.89. The number of para-hydroxylation sites is 1. The first kappa shape index (κ1) is 19.7. The van der Waals surface area contributed by atoms with Gasteiger partial charge in [-0.05, 0) is 55.9 Å². The Kier molecular flexibility index (Phi) is 4.38. The third-order valence-electron chi connectivity index (χ3n) is 6.03. The van der Waals surface area contributed by atoms with Gasteiger partial charge in [-0.15, -0.1) is 0 Å². The number of rotatable bonds is 4. The SMILES string of the molecule is NS(=O)(=O)c1ccc(-c2cc3ccccc3o2)nc1CC1CCC2(C1)NC(=O)NC2=O. The van der Waals surface area contributed by atoms with Gasteiger partial charge < -0.3 is 9.73 Å². The molecule has 1 aliphatic heterocycles. The van der Waals surface area contributed by atoms with Crippen LogP contribution in [-0.2, 0) is 21.2 Å². The lowest BCUT2D eigenvalue weighted by Crippen LogP contribution is -2.44. The van der Waals surface area contributed by atoms with E-state index in [2.05, 4.69) is 15.6 Å². The molecule has 31 heavy (non-hydrogen) atoms. The first-order valence-corrected chi connectivity index (χ1v) is 11.4. The highest BCUT2D eigenvalue weighted by atomic mass is 32.2. The molecule has 1 aliphatic carbocycles. The van der Waals surface area contributed by atoms with Crippen molar-refractivity contribution in [2.24, 2.45) is 11.1 Å². The molecule has 0 radical (unpaired) electrons. The molecular weight excluding hydrogens is 420 g/mol. The van der Waals surface area contributed by atoms with Crippen molar-refractivity contribution in [1.82, 2.24) is 15.6 Å². The second-order valence-electron chi connectivity index (χ2n) is 8.14. The van der Waals surface area contributed by atoms with Crippen molar-refractivity contribution in [3.63, 3.8) is 0 Å². The molecule has 2 fully saturated rings. The molecule has 2 unspecified atom stereocenters. The Morgan fingerprint density at radius 3 is 2.71 bits per heavy atom. The normalized spacial score (nSPS) is 23.5. The fourth-order valence-corrected chi connectivity index (χ4v) is 5.30. The molecular formula is C21H20N4O5S. The maximum absolute atomic E-state index is 12.2. The smallest absolute Gasteiger partial charge is 0.322 e. The summed E-state index contributed by atoms with van der Waals surface area (Å²) in [7, 11) is -3.99. The van der Waals surface area contributed by atoms with Crippen LogP contribution < -0.4 is 15.8 Å². The van der Waals surface area contributed by atoms with Crippen molar-refractivity contribution in [2.75, 3.05) is 0 Å². The van der Waals surface area contributed by atoms with Crippen molar-refractivity contribution in [3.8, 4) is 11.5 Å². The van der Waals surface area contributed by atoms with E-state index in [0.717, 1.165) is 5.39 Å². The predicted octanol–water partition coefficient (Wildman–Crippen LogP) is 2.06. The van der Waals surface area contributed by atoms with Gasteiger partial charge in [0, 0.05) is 5.39 Å². The summed E-state index contributed by atoms with van der Waals surface area (Å²) in [6, 6.07) is 11.9. The fourth-order valence-electron chi connectivity index (χ4n) is 4.58. The Balaban J connectivity index is 1.49. The average molecular weight is 440 g/mol. The minimum absolute atomic E-state index is 0.0388. The molecule has 1 spiro atoms. The number of carbonyl (C=O) groups excluding carboxylic acids is 2. The maximum Gasteiger partial charge on any atom is 0.322 e. The molecule has 9 nitrogen and oxygen atoms in total. The van der Waals surface area contributed by atoms with E-state index in [1.165, 1.54) is 6.07 Å². The number of benzene rings is 1. The monoisotopic (exact) mass is 440 g/mol. The maximum atomic E-state index is 12.2. The quantitative estimate of drug-likeness (QED) is 0.530. The van der Waals surface area contributed by atoms with Gasteiger partial charge in [-0.2, -0.15) is 0 Å². The predicted molar refractivity (Wildman–Crippen MR) is 111 cm³/mol. The highest BCUT2D eigenvalue weighted by molar-refractivity contribution is 7.89. The summed E-state index contributed by atoms with van der Waals surface area (Å²) >= 11 is 0. The minimum atomic E-state index is -3.99. The van der Waals surface area contributed by atoms with E-state index in [9.17, 15) is 18.0 Å². The van der Waals surface area contributed by atoms with Crippen LogP contribution >= 0.6 is 0 Å². The number of sulfonamides is 1. The van der Waals surface area contributed by atoms with Crippen LogP contribution in [0.4, 0.5) is 4.79 Å². The zero-order chi connectivity index (χ0) is 21.8. The van der Waals surface area contributed by atoms with Gasteiger partial charge in [-0.1, -0.05) is 18.2 Å². The van der Waals surface area contributed by atoms with Crippen molar-refractivity contribution in [1.29, 1.82) is 0 Å². The number of carbonyl (C=O) groups is 2. The summed E-state index contributed by atoms with van der Waals surface area (Å²) in [5.74, 6) is 0.146. The molecule has 3 amide bonds. The van der Waals surface area contributed by atoms with E-state index < -0.39 is 21.6 Å². The molecule has 10 heteroatoms. The Morgan fingerprint density at radius 1 is 1.19 bits per heavy atom. The number of furan rings is 1. The van der Waals surface area contributed by atoms with Crippen LogP contribution in [0.1, 0.15) is 25.0 Å². The van der Waals surface area contributed by atoms with E-state index >= 15 is 0 Å². The number of urea groups is 1. The van der Waals surface area contributed by atoms with Crippen LogP contribution in [0.25, 0.3) is 22.4 Å². The zero-order valence-corrected chi connectivity index (χ0v) is 17.2. The Morgan fingerprint density at radius 2 is 2.00 bits per heavy atom. The summed E-state index contributed by atoms with van der Waals surface area (Å²) in [6.07, 6.45) is 1.85. The number of primary sulfonamides is 1. The Labute approximate surface area is 178 Å². The molecule has 1 saturated carbocycles. The van der Waals surface area contributed by atoms with Gasteiger partial charge >= 0.3 is 6.03 Å². The lowest BCUT2D eigenvalue weighted by molar-refractivity contribution is -0.123. The molecule has 1 saturated heterocycles. The van der Waals surface area contributed by atoms with Crippen LogP contribution in [-0.4, -0.2) is 30.9 Å². The second-order valence-corrected chi connectivity index (χ2v) is 9.67. The van der Waals surface area contributed by atoms with Gasteiger partial charge in [-0.25, -0.2) is 23.3 Å². The summed E-state index contributed by atoms with van der Waals surface area (Å²) in [4.78, 5) is 28.3. The topological polar surface area (TPSA) is 144 Å². The number of pyridine rings is 1. The van der Waals surface area contributed by atoms with Crippen LogP contribution in [0, 0.1) is 5.92 Å². The molecule has 2 atom stereocenters. The highest BCUT2D eigenvalue weighted by Crippen LogP contribution is 2.39. The van der Waals surface area contributed by atoms with Crippen LogP contribution in [0.3, 0.4) is 0 Å². The fraction of sp³-hybridized carbons (Fsp3) is 0.286. The number of hydrogen-bond donors (Lipinski definition) is 3. The number of nitrogens with two attached hydrogens (primary N) is 1. The number of hydrogen-bond acceptors (Lipinski definition) is 6. The first-order chi connectivity index (χ1) is 14.7. The number of nitrogens with zero attached hydrogens (tertiary/aromatic N) is 1. The Bertz CT molecular complexity index is 1300. The molecule has 5 rings (SSSR count). The number of fused-ring (bicyclic) bond motifs is 1. The molecule has 3 heterocycles. The minimum Gasteiger partial charge on any atom is -0.454 e. The van der Waals surface area contributed by atoms with Crippen LogP contribution in [0.15, 0.2) is 51.8 Å². The molecule has 160 valence electrons. The zero-order valence-electron chi connectivity index (χ0n) is 16.4. The lowest BCUT2D eigenvalue weighted by Gasteiger charge is -2.20. The number of nitrogens with one attached hydrogen (secondary N) is 2. The van der Waals surface area contributed by atoms with E-state index in [4.69, 9.17) is 9.56 Å². The number of amides is 3. The van der Waals surface area contributed by atoms with E-state index in [0.29, 0.717) is 48.4 Å². The molecule has 1 aromatic carbocycles. The summed E-state index contributed by atoms with van der Waals surface area (Å²) in [5, 5.41) is 11.3. The standard InChI is InChI=1S/C21H20N4O5S/c22-31(28,29)18-6-5-14(17-10-13-3-1-2-4-16(13)30-17)23-15(18)9-12-7-8-21(11-12)19(26)24-20(27)25-21/h1-6,10,12H,7-9,11H2,(H2,22,28,29)(H2,24,25,26,27). The van der Waals surface area contributed by atoms with Crippen LogP contribution in [0.2, 0.25) is 0 Å². The van der Waals surface area contributed by atoms with E-state index in [1.54, 1.807) is 6.07 Å². The Hall–Kier alpha value is -3.24. The molecule has 2 aromatic heterocycles. The number of imide groups is 1. The lowest BCUT2D eigenvalue weighted by atomic mass is 9.94. The first-order valence-electron chi connectivity index (χ1n) is 9.89. The van der Waals surface area contributed by atoms with Gasteiger partial charge in [0.2, 0.25) is 10.0 Å². The molecule has 0 bridgehead atoms. The molecule has 2 aliphatic rings. The number of aromatic nitrogens is 1. The van der Waals surface area contributed by atoms with Crippen molar-refractivity contribution < 1.29 is 22.4 Å². The van der Waals surface area contributed by atoms with E-state index in [-0.39, 0.29) is 16.7 Å². The average Bonchev–Trinajstić information content (AvgIpc) is 3.38. The summed E-state index contributed by atoms with van der Waals surface area (Å²) < 4.78 is 30.2. The van der Waals surface area contributed by atoms with Crippen molar-refractivity contribution >= 4 is 32.9 Å². The highest BCUT2D eigenvalue weighted by Gasteiger charge is 2.51. The van der Waals surface area contributed by atoms with Crippen molar-refractivity contribution in [2.45, 2.75) is 36.1 Å². The molecule has 4 N–H and O–H groups in total. The van der Waals surface area contributed by atoms with Gasteiger partial charge in [0.15, 0.2) is 5.76 Å².